The summed E-state index contributed by atoms with van der Waals surface area (Å²) in [5.74, 6) is 2.38. The molecule has 1 N–H and O–H groups in total. The fraction of sp³-hybridized carbons (Fsp3) is 0.538. The van der Waals surface area contributed by atoms with Crippen LogP contribution in [0.2, 0.25) is 0 Å². The minimum absolute atomic E-state index is 0. The summed E-state index contributed by atoms with van der Waals surface area (Å²) < 4.78 is 5.03. The Morgan fingerprint density at radius 1 is 1.25 bits per heavy atom. The Hall–Kier alpha value is 0.392. The zero-order valence-electron chi connectivity index (χ0n) is 12.3. The van der Waals surface area contributed by atoms with Crippen LogP contribution in [0.3, 0.4) is 0 Å². The predicted octanol–water partition coefficient (Wildman–Crippen LogP) is 4.18. The van der Waals surface area contributed by atoms with E-state index in [1.807, 2.05) is 13.8 Å². The van der Waals surface area contributed by atoms with E-state index in [4.69, 9.17) is 4.74 Å². The van der Waals surface area contributed by atoms with Crippen LogP contribution in [0.5, 0.6) is 0 Å². The molecule has 0 aliphatic heterocycles. The molecule has 0 aliphatic carbocycles. The van der Waals surface area contributed by atoms with Gasteiger partial charge in [0.15, 0.2) is 0 Å². The Morgan fingerprint density at radius 3 is 1.62 bits per heavy atom. The van der Waals surface area contributed by atoms with Crippen molar-refractivity contribution in [3.8, 4) is 0 Å². The number of hydrogen-bond acceptors (Lipinski definition) is 2. The summed E-state index contributed by atoms with van der Waals surface area (Å²) in [6, 6.07) is 0. The largest absolute Gasteiger partial charge is 4.00 e. The van der Waals surface area contributed by atoms with E-state index in [0.29, 0.717) is 0 Å². The molecule has 0 spiro atoms. The molecule has 3 heteroatoms. The molecular weight excluding hydrogens is 424 g/mol. The van der Waals surface area contributed by atoms with Gasteiger partial charge in [0.25, 0.3) is 0 Å². The first kappa shape index (κ1) is 29.9. The van der Waals surface area contributed by atoms with Crippen molar-refractivity contribution in [3.05, 3.63) is 39.3 Å². The van der Waals surface area contributed by atoms with Crippen LogP contribution in [0, 0.1) is 58.9 Å². The minimum atomic E-state index is 0. The number of rotatable bonds is 3. The molecule has 0 radical (unpaired) electrons. The van der Waals surface area contributed by atoms with Crippen LogP contribution >= 0.6 is 0 Å². The van der Waals surface area contributed by atoms with Gasteiger partial charge in [0, 0.05) is 12.1 Å². The molecule has 0 saturated carbocycles. The quantitative estimate of drug-likeness (QED) is 0.512. The van der Waals surface area contributed by atoms with Gasteiger partial charge in [-0.15, -0.1) is 0 Å². The number of nitrogens with one attached hydrogen (secondary N) is 1. The Morgan fingerprint density at radius 2 is 1.56 bits per heavy atom. The summed E-state index contributed by atoms with van der Waals surface area (Å²) in [6.07, 6.45) is 0.908. The van der Waals surface area contributed by atoms with Crippen molar-refractivity contribution in [2.45, 2.75) is 41.0 Å². The molecule has 0 bridgehead atoms. The first-order chi connectivity index (χ1) is 5.99. The number of ether oxygens (including phenoxy) is 1. The van der Waals surface area contributed by atoms with Gasteiger partial charge in [-0.1, -0.05) is 6.92 Å². The molecular formula is C13H29NOU. The minimum Gasteiger partial charge on any atom is -0.539 e. The third kappa shape index (κ3) is 23.9. The standard InChI is InChI=1S/C7H14NO.C4H9.2CH3.U/c1-5-7(9-4)6(2)8-3;1-4(2)3;;;/h8H,3,5H2,1-2,4H3;1-3H3;2*1H3;/q4*-1;+4/b7-6-;;;;. The maximum atomic E-state index is 5.03. The van der Waals surface area contributed by atoms with E-state index >= 15 is 0 Å². The number of methoxy groups -OCH3 is 1. The molecule has 0 aromatic carbocycles. The summed E-state index contributed by atoms with van der Waals surface area (Å²) in [6.45, 7) is 10.2. The Bertz CT molecular complexity index is 136. The van der Waals surface area contributed by atoms with Crippen molar-refractivity contribution in [1.29, 1.82) is 0 Å². The fourth-order valence-electron chi connectivity index (χ4n) is 0.661. The molecule has 0 fully saturated rings. The van der Waals surface area contributed by atoms with E-state index in [9.17, 15) is 0 Å². The van der Waals surface area contributed by atoms with E-state index in [1.54, 1.807) is 7.11 Å². The first-order valence-electron chi connectivity index (χ1n) is 4.53. The summed E-state index contributed by atoms with van der Waals surface area (Å²) in [4.78, 5) is 0. The molecule has 0 aliphatic rings. The molecule has 0 unspecified atom stereocenters. The van der Waals surface area contributed by atoms with Crippen molar-refractivity contribution in [1.82, 2.24) is 5.32 Å². The first-order valence-corrected chi connectivity index (χ1v) is 4.53. The van der Waals surface area contributed by atoms with Crippen LogP contribution in [0.15, 0.2) is 11.5 Å². The third-order valence-electron chi connectivity index (χ3n) is 1.25. The summed E-state index contributed by atoms with van der Waals surface area (Å²) in [5.41, 5.74) is 1.00. The van der Waals surface area contributed by atoms with Gasteiger partial charge in [0.2, 0.25) is 0 Å². The molecule has 2 nitrogen and oxygen atoms in total. The zero-order chi connectivity index (χ0) is 10.9. The molecule has 0 atom stereocenters. The average molecular weight is 453 g/mol. The van der Waals surface area contributed by atoms with Gasteiger partial charge < -0.3 is 30.8 Å². The Balaban J connectivity index is -0.0000000511. The SMILES string of the molecule is C[C-](C)C.[CH2-]N/C(C)=C(/CC)OC.[CH3-].[CH3-].[U+4]. The summed E-state index contributed by atoms with van der Waals surface area (Å²) in [5, 5.41) is 2.77. The van der Waals surface area contributed by atoms with Crippen molar-refractivity contribution in [3.63, 3.8) is 0 Å². The third-order valence-corrected chi connectivity index (χ3v) is 1.25. The maximum Gasteiger partial charge on any atom is 4.00 e. The summed E-state index contributed by atoms with van der Waals surface area (Å²) >= 11 is 0. The van der Waals surface area contributed by atoms with E-state index in [-0.39, 0.29) is 46.0 Å². The van der Waals surface area contributed by atoms with Gasteiger partial charge >= 0.3 is 31.1 Å². The molecule has 0 saturated heterocycles. The second-order valence-electron chi connectivity index (χ2n) is 3.28. The van der Waals surface area contributed by atoms with Gasteiger partial charge in [-0.3, -0.25) is 7.05 Å². The van der Waals surface area contributed by atoms with E-state index < -0.39 is 0 Å². The normalized spacial score (nSPS) is 9.25. The Labute approximate surface area is 128 Å². The molecule has 0 amide bonds. The molecule has 0 rings (SSSR count). The van der Waals surface area contributed by atoms with Crippen molar-refractivity contribution in [2.75, 3.05) is 7.11 Å². The van der Waals surface area contributed by atoms with Gasteiger partial charge in [-0.25, -0.2) is 0 Å². The summed E-state index contributed by atoms with van der Waals surface area (Å²) in [7, 11) is 5.18. The van der Waals surface area contributed by atoms with Crippen molar-refractivity contribution in [2.24, 2.45) is 0 Å². The topological polar surface area (TPSA) is 21.3 Å². The van der Waals surface area contributed by atoms with Crippen LogP contribution in [-0.4, -0.2) is 7.11 Å². The van der Waals surface area contributed by atoms with Crippen LogP contribution in [0.1, 0.15) is 41.0 Å². The van der Waals surface area contributed by atoms with Gasteiger partial charge in [-0.05, 0) is 6.92 Å². The van der Waals surface area contributed by atoms with Gasteiger partial charge in [0.1, 0.15) is 5.76 Å². The monoisotopic (exact) mass is 453 g/mol. The van der Waals surface area contributed by atoms with Crippen LogP contribution in [0.25, 0.3) is 0 Å². The maximum absolute atomic E-state index is 5.03. The van der Waals surface area contributed by atoms with Gasteiger partial charge in [0.05, 0.1) is 7.11 Å². The predicted molar refractivity (Wildman–Crippen MR) is 71.6 cm³/mol. The van der Waals surface area contributed by atoms with E-state index in [1.165, 1.54) is 5.92 Å². The van der Waals surface area contributed by atoms with E-state index in [0.717, 1.165) is 17.9 Å². The van der Waals surface area contributed by atoms with Crippen LogP contribution < -0.4 is 5.32 Å². The zero-order valence-corrected chi connectivity index (χ0v) is 16.5. The molecule has 0 heterocycles. The van der Waals surface area contributed by atoms with Gasteiger partial charge in [-0.2, -0.15) is 20.8 Å². The molecule has 0 aromatic rings. The second kappa shape index (κ2) is 20.8. The fourth-order valence-corrected chi connectivity index (χ4v) is 0.661. The van der Waals surface area contributed by atoms with E-state index in [2.05, 4.69) is 33.1 Å². The van der Waals surface area contributed by atoms with Crippen LogP contribution in [0.4, 0.5) is 0 Å². The average Bonchev–Trinajstić information content (AvgIpc) is 2.05. The number of hydrogen-bond donors (Lipinski definition) is 1. The molecule has 0 aromatic heterocycles. The van der Waals surface area contributed by atoms with Crippen molar-refractivity contribution < 1.29 is 35.9 Å². The molecule has 96 valence electrons. The van der Waals surface area contributed by atoms with Crippen LogP contribution in [-0.2, 0) is 4.74 Å². The van der Waals surface area contributed by atoms with Crippen molar-refractivity contribution >= 4 is 0 Å². The smallest absolute Gasteiger partial charge is 0.539 e. The number of allylic oxidation sites excluding steroid dienone is 2. The Kier molecular flexibility index (Phi) is 38.8. The second-order valence-corrected chi connectivity index (χ2v) is 3.28. The molecule has 16 heavy (non-hydrogen) atoms.